The van der Waals surface area contributed by atoms with Gasteiger partial charge in [0.05, 0.1) is 5.02 Å². The number of hydrogen-bond donors (Lipinski definition) is 1. The minimum atomic E-state index is -0.933. The van der Waals surface area contributed by atoms with Crippen molar-refractivity contribution >= 4 is 29.3 Å². The number of hydrogen-bond acceptors (Lipinski definition) is 2. The lowest BCUT2D eigenvalue weighted by molar-refractivity contribution is -0.132. The summed E-state index contributed by atoms with van der Waals surface area (Å²) in [5.41, 5.74) is 0.292. The molecule has 16 heavy (non-hydrogen) atoms. The molecule has 1 aromatic rings. The average molecular weight is 261 g/mol. The Bertz CT molecular complexity index is 432. The summed E-state index contributed by atoms with van der Waals surface area (Å²) in [7, 11) is 0. The lowest BCUT2D eigenvalue weighted by atomic mass is 10.3. The molecule has 0 spiro atoms. The second-order valence-electron chi connectivity index (χ2n) is 3.08. The van der Waals surface area contributed by atoms with E-state index in [2.05, 4.69) is 0 Å². The third-order valence-corrected chi connectivity index (χ3v) is 3.08. The van der Waals surface area contributed by atoms with Crippen molar-refractivity contribution in [2.45, 2.75) is 11.8 Å². The van der Waals surface area contributed by atoms with Gasteiger partial charge in [-0.25, -0.2) is 9.18 Å². The van der Waals surface area contributed by atoms with Gasteiger partial charge in [-0.1, -0.05) is 17.7 Å². The van der Waals surface area contributed by atoms with Crippen molar-refractivity contribution in [3.05, 3.63) is 40.7 Å². The highest BCUT2D eigenvalue weighted by molar-refractivity contribution is 7.99. The monoisotopic (exact) mass is 260 g/mol. The van der Waals surface area contributed by atoms with E-state index in [0.29, 0.717) is 11.3 Å². The quantitative estimate of drug-likeness (QED) is 0.664. The minimum absolute atomic E-state index is 0.0731. The number of carboxylic acids is 1. The Morgan fingerprint density at radius 1 is 1.62 bits per heavy atom. The molecule has 1 rings (SSSR count). The minimum Gasteiger partial charge on any atom is -0.478 e. The first kappa shape index (κ1) is 13.1. The van der Waals surface area contributed by atoms with Gasteiger partial charge in [0.15, 0.2) is 0 Å². The molecule has 0 aliphatic rings. The van der Waals surface area contributed by atoms with Crippen LogP contribution in [0.3, 0.4) is 0 Å². The summed E-state index contributed by atoms with van der Waals surface area (Å²) in [6, 6.07) is 4.42. The van der Waals surface area contributed by atoms with Gasteiger partial charge in [0.1, 0.15) is 5.82 Å². The first-order chi connectivity index (χ1) is 7.50. The Morgan fingerprint density at radius 2 is 2.31 bits per heavy atom. The van der Waals surface area contributed by atoms with Crippen LogP contribution in [-0.2, 0) is 4.79 Å². The zero-order chi connectivity index (χ0) is 12.1. The van der Waals surface area contributed by atoms with Crippen LogP contribution in [-0.4, -0.2) is 16.8 Å². The molecule has 0 amide bonds. The maximum absolute atomic E-state index is 12.8. The number of aliphatic carboxylic acids is 1. The third kappa shape index (κ3) is 3.87. The highest BCUT2D eigenvalue weighted by Gasteiger charge is 2.02. The molecule has 86 valence electrons. The van der Waals surface area contributed by atoms with Crippen molar-refractivity contribution in [3.63, 3.8) is 0 Å². The van der Waals surface area contributed by atoms with E-state index in [1.54, 1.807) is 12.1 Å². The van der Waals surface area contributed by atoms with Gasteiger partial charge in [0, 0.05) is 16.2 Å². The molecule has 0 aromatic heterocycles. The number of rotatable bonds is 4. The van der Waals surface area contributed by atoms with E-state index >= 15 is 0 Å². The molecular formula is C11H10ClFO2S. The first-order valence-electron chi connectivity index (χ1n) is 4.48. The van der Waals surface area contributed by atoms with Gasteiger partial charge in [-0.3, -0.25) is 0 Å². The zero-order valence-corrected chi connectivity index (χ0v) is 10.1. The molecule has 0 heterocycles. The Morgan fingerprint density at radius 3 is 2.88 bits per heavy atom. The standard InChI is InChI=1S/C11H10ClFO2S/c1-7(11(14)15)4-5-16-8-2-3-10(13)9(12)6-8/h2-4,6H,5H2,1H3,(H,14,15). The van der Waals surface area contributed by atoms with Gasteiger partial charge in [-0.2, -0.15) is 0 Å². The molecule has 0 aliphatic carbocycles. The molecule has 1 N–H and O–H groups in total. The highest BCUT2D eigenvalue weighted by atomic mass is 35.5. The number of benzene rings is 1. The lowest BCUT2D eigenvalue weighted by Crippen LogP contribution is -1.96. The van der Waals surface area contributed by atoms with E-state index in [4.69, 9.17) is 16.7 Å². The fraction of sp³-hybridized carbons (Fsp3) is 0.182. The average Bonchev–Trinajstić information content (AvgIpc) is 2.23. The summed E-state index contributed by atoms with van der Waals surface area (Å²) in [4.78, 5) is 11.3. The van der Waals surface area contributed by atoms with Gasteiger partial charge in [-0.15, -0.1) is 11.8 Å². The fourth-order valence-corrected chi connectivity index (χ4v) is 2.05. The molecule has 0 bridgehead atoms. The predicted molar refractivity (Wildman–Crippen MR) is 63.5 cm³/mol. The Hall–Kier alpha value is -1.00. The zero-order valence-electron chi connectivity index (χ0n) is 8.54. The van der Waals surface area contributed by atoms with Crippen LogP contribution in [0, 0.1) is 5.82 Å². The molecule has 0 radical (unpaired) electrons. The molecule has 0 unspecified atom stereocenters. The van der Waals surface area contributed by atoms with Crippen molar-refractivity contribution < 1.29 is 14.3 Å². The summed E-state index contributed by atoms with van der Waals surface area (Å²) in [6.45, 7) is 1.53. The maximum Gasteiger partial charge on any atom is 0.330 e. The first-order valence-corrected chi connectivity index (χ1v) is 5.85. The van der Waals surface area contributed by atoms with E-state index in [9.17, 15) is 9.18 Å². The topological polar surface area (TPSA) is 37.3 Å². The Balaban J connectivity index is 2.59. The maximum atomic E-state index is 12.8. The van der Waals surface area contributed by atoms with Crippen molar-refractivity contribution in [3.8, 4) is 0 Å². The van der Waals surface area contributed by atoms with Crippen LogP contribution < -0.4 is 0 Å². The number of thioether (sulfide) groups is 1. The summed E-state index contributed by atoms with van der Waals surface area (Å²) in [6.07, 6.45) is 1.60. The smallest absolute Gasteiger partial charge is 0.330 e. The largest absolute Gasteiger partial charge is 0.478 e. The van der Waals surface area contributed by atoms with Crippen molar-refractivity contribution in [1.82, 2.24) is 0 Å². The van der Waals surface area contributed by atoms with Crippen LogP contribution in [0.5, 0.6) is 0 Å². The molecule has 0 fully saturated rings. The second kappa shape index (κ2) is 5.92. The van der Waals surface area contributed by atoms with E-state index < -0.39 is 11.8 Å². The van der Waals surface area contributed by atoms with E-state index in [1.807, 2.05) is 0 Å². The Kier molecular flexibility index (Phi) is 4.83. The second-order valence-corrected chi connectivity index (χ2v) is 4.58. The van der Waals surface area contributed by atoms with Crippen molar-refractivity contribution in [1.29, 1.82) is 0 Å². The van der Waals surface area contributed by atoms with Crippen LogP contribution in [0.25, 0.3) is 0 Å². The Labute approximate surface area is 102 Å². The van der Waals surface area contributed by atoms with E-state index in [-0.39, 0.29) is 5.02 Å². The van der Waals surface area contributed by atoms with Gasteiger partial charge in [0.2, 0.25) is 0 Å². The number of carbonyl (C=O) groups is 1. The van der Waals surface area contributed by atoms with Gasteiger partial charge in [0.25, 0.3) is 0 Å². The number of carboxylic acid groups (broad SMARTS) is 1. The molecule has 0 aliphatic heterocycles. The molecule has 5 heteroatoms. The van der Waals surface area contributed by atoms with Gasteiger partial charge < -0.3 is 5.11 Å². The molecule has 2 nitrogen and oxygen atoms in total. The van der Waals surface area contributed by atoms with Crippen LogP contribution in [0.4, 0.5) is 4.39 Å². The van der Waals surface area contributed by atoms with E-state index in [0.717, 1.165) is 4.90 Å². The van der Waals surface area contributed by atoms with Crippen molar-refractivity contribution in [2.75, 3.05) is 5.75 Å². The molecule has 0 saturated heterocycles. The molecule has 0 atom stereocenters. The fourth-order valence-electron chi connectivity index (χ4n) is 0.917. The number of halogens is 2. The van der Waals surface area contributed by atoms with Crippen molar-refractivity contribution in [2.24, 2.45) is 0 Å². The van der Waals surface area contributed by atoms with Crippen LogP contribution in [0.15, 0.2) is 34.7 Å². The lowest BCUT2D eigenvalue weighted by Gasteiger charge is -2.00. The van der Waals surface area contributed by atoms with Crippen LogP contribution in [0.2, 0.25) is 5.02 Å². The SMILES string of the molecule is CC(=CCSc1ccc(F)c(Cl)c1)C(=O)O. The van der Waals surface area contributed by atoms with Gasteiger partial charge >= 0.3 is 5.97 Å². The summed E-state index contributed by atoms with van der Waals surface area (Å²) < 4.78 is 12.8. The summed E-state index contributed by atoms with van der Waals surface area (Å²) in [5, 5.41) is 8.68. The predicted octanol–water partition coefficient (Wildman–Crippen LogP) is 3.60. The van der Waals surface area contributed by atoms with Crippen LogP contribution >= 0.6 is 23.4 Å². The normalized spacial score (nSPS) is 11.6. The van der Waals surface area contributed by atoms with Crippen LogP contribution in [0.1, 0.15) is 6.92 Å². The molecule has 0 saturated carbocycles. The molecule has 1 aromatic carbocycles. The highest BCUT2D eigenvalue weighted by Crippen LogP contribution is 2.24. The summed E-state index contributed by atoms with van der Waals surface area (Å²) >= 11 is 7.01. The van der Waals surface area contributed by atoms with E-state index in [1.165, 1.54) is 30.8 Å². The summed E-state index contributed by atoms with van der Waals surface area (Å²) in [5.74, 6) is -0.874. The molecular weight excluding hydrogens is 251 g/mol. The van der Waals surface area contributed by atoms with Gasteiger partial charge in [-0.05, 0) is 25.1 Å². The third-order valence-electron chi connectivity index (χ3n) is 1.87.